The molecule has 140 valence electrons. The summed E-state index contributed by atoms with van der Waals surface area (Å²) in [6.07, 6.45) is 6.85. The van der Waals surface area contributed by atoms with E-state index in [-0.39, 0.29) is 6.03 Å². The molecule has 0 bridgehead atoms. The molecule has 0 spiro atoms. The number of anilines is 1. The maximum atomic E-state index is 12.9. The number of carbonyl (C=O) groups excluding carboxylic acids is 1. The van der Waals surface area contributed by atoms with Crippen LogP contribution in [0.2, 0.25) is 0 Å². The molecule has 0 aliphatic rings. The number of nitrogens with zero attached hydrogens (tertiary/aromatic N) is 4. The predicted octanol–water partition coefficient (Wildman–Crippen LogP) is 4.09. The highest BCUT2D eigenvalue weighted by atomic mass is 16.3. The van der Waals surface area contributed by atoms with Crippen LogP contribution in [0.15, 0.2) is 89.9 Å². The zero-order chi connectivity index (χ0) is 19.2. The Labute approximate surface area is 162 Å². The quantitative estimate of drug-likeness (QED) is 0.552. The molecule has 0 unspecified atom stereocenters. The second-order valence-electron chi connectivity index (χ2n) is 6.21. The SMILES string of the molecule is O=C(Nc1ccn(-c2ccccc2)n1)N(Cc1cccnc1)Cc1ccco1. The van der Waals surface area contributed by atoms with Gasteiger partial charge >= 0.3 is 6.03 Å². The van der Waals surface area contributed by atoms with Crippen LogP contribution in [0.25, 0.3) is 5.69 Å². The summed E-state index contributed by atoms with van der Waals surface area (Å²) in [5.41, 5.74) is 1.85. The van der Waals surface area contributed by atoms with Crippen molar-refractivity contribution in [2.24, 2.45) is 0 Å². The molecule has 28 heavy (non-hydrogen) atoms. The first-order chi connectivity index (χ1) is 13.8. The Morgan fingerprint density at radius 2 is 1.93 bits per heavy atom. The molecule has 0 radical (unpaired) electrons. The van der Waals surface area contributed by atoms with Crippen molar-refractivity contribution in [1.82, 2.24) is 19.7 Å². The zero-order valence-corrected chi connectivity index (χ0v) is 15.1. The van der Waals surface area contributed by atoms with Crippen LogP contribution in [0.1, 0.15) is 11.3 Å². The number of furan rings is 1. The van der Waals surface area contributed by atoms with Gasteiger partial charge in [0, 0.05) is 31.2 Å². The van der Waals surface area contributed by atoms with E-state index in [0.29, 0.717) is 24.7 Å². The molecule has 0 atom stereocenters. The average Bonchev–Trinajstić information content (AvgIpc) is 3.41. The molecule has 1 aromatic carbocycles. The van der Waals surface area contributed by atoms with Crippen LogP contribution < -0.4 is 5.32 Å². The van der Waals surface area contributed by atoms with Crippen molar-refractivity contribution in [3.8, 4) is 5.69 Å². The number of para-hydroxylation sites is 1. The topological polar surface area (TPSA) is 76.2 Å². The van der Waals surface area contributed by atoms with Crippen LogP contribution in [0.3, 0.4) is 0 Å². The van der Waals surface area contributed by atoms with Crippen LogP contribution in [0, 0.1) is 0 Å². The number of pyridine rings is 1. The van der Waals surface area contributed by atoms with Gasteiger partial charge in [-0.05, 0) is 35.9 Å². The third-order valence-corrected chi connectivity index (χ3v) is 4.16. The van der Waals surface area contributed by atoms with Crippen molar-refractivity contribution in [3.05, 3.63) is 96.8 Å². The first kappa shape index (κ1) is 17.5. The van der Waals surface area contributed by atoms with Crippen molar-refractivity contribution in [2.75, 3.05) is 5.32 Å². The summed E-state index contributed by atoms with van der Waals surface area (Å²) in [5, 5.41) is 7.29. The predicted molar refractivity (Wildman–Crippen MR) is 105 cm³/mol. The Morgan fingerprint density at radius 1 is 1.04 bits per heavy atom. The fourth-order valence-electron chi connectivity index (χ4n) is 2.81. The second kappa shape index (κ2) is 8.22. The molecular weight excluding hydrogens is 354 g/mol. The Hall–Kier alpha value is -3.87. The van der Waals surface area contributed by atoms with Crippen LogP contribution in [-0.2, 0) is 13.1 Å². The van der Waals surface area contributed by atoms with Gasteiger partial charge in [0.25, 0.3) is 0 Å². The number of amides is 2. The fourth-order valence-corrected chi connectivity index (χ4v) is 2.81. The molecule has 7 heteroatoms. The molecule has 0 aliphatic carbocycles. The van der Waals surface area contributed by atoms with Gasteiger partial charge in [0.05, 0.1) is 18.5 Å². The highest BCUT2D eigenvalue weighted by Gasteiger charge is 2.17. The van der Waals surface area contributed by atoms with Gasteiger partial charge in [-0.25, -0.2) is 9.48 Å². The monoisotopic (exact) mass is 373 g/mol. The normalized spacial score (nSPS) is 10.6. The summed E-state index contributed by atoms with van der Waals surface area (Å²) in [6, 6.07) is 18.6. The molecule has 0 saturated carbocycles. The zero-order valence-electron chi connectivity index (χ0n) is 15.1. The summed E-state index contributed by atoms with van der Waals surface area (Å²) >= 11 is 0. The molecule has 0 aliphatic heterocycles. The Bertz CT molecular complexity index is 1010. The largest absolute Gasteiger partial charge is 0.467 e. The molecule has 0 saturated heterocycles. The van der Waals surface area contributed by atoms with E-state index >= 15 is 0 Å². The molecule has 4 aromatic rings. The molecule has 7 nitrogen and oxygen atoms in total. The Kier molecular flexibility index (Phi) is 5.15. The van der Waals surface area contributed by atoms with E-state index in [1.807, 2.05) is 54.7 Å². The van der Waals surface area contributed by atoms with Crippen molar-refractivity contribution in [1.29, 1.82) is 0 Å². The molecular formula is C21H19N5O2. The van der Waals surface area contributed by atoms with Crippen molar-refractivity contribution in [2.45, 2.75) is 13.1 Å². The Balaban J connectivity index is 1.49. The summed E-state index contributed by atoms with van der Waals surface area (Å²) in [4.78, 5) is 18.7. The molecule has 4 rings (SSSR count). The standard InChI is InChI=1S/C21H19N5O2/c27-21(23-20-10-12-26(24-20)18-7-2-1-3-8-18)25(16-19-9-5-13-28-19)15-17-6-4-11-22-14-17/h1-14H,15-16H2,(H,23,24,27). The minimum absolute atomic E-state index is 0.265. The third-order valence-electron chi connectivity index (χ3n) is 4.16. The van der Waals surface area contributed by atoms with Crippen molar-refractivity contribution in [3.63, 3.8) is 0 Å². The number of benzene rings is 1. The number of nitrogens with one attached hydrogen (secondary N) is 1. The van der Waals surface area contributed by atoms with E-state index in [9.17, 15) is 4.79 Å². The van der Waals surface area contributed by atoms with E-state index in [2.05, 4.69) is 15.4 Å². The maximum absolute atomic E-state index is 12.9. The van der Waals surface area contributed by atoms with E-state index in [1.165, 1.54) is 0 Å². The van der Waals surface area contributed by atoms with Gasteiger partial charge in [-0.3, -0.25) is 10.3 Å². The van der Waals surface area contributed by atoms with Gasteiger partial charge in [0.15, 0.2) is 5.82 Å². The third kappa shape index (κ3) is 4.27. The minimum Gasteiger partial charge on any atom is -0.467 e. The summed E-state index contributed by atoms with van der Waals surface area (Å²) in [7, 11) is 0. The first-order valence-electron chi connectivity index (χ1n) is 8.86. The summed E-state index contributed by atoms with van der Waals surface area (Å²) in [5.74, 6) is 1.18. The number of rotatable bonds is 6. The van der Waals surface area contributed by atoms with Gasteiger partial charge in [0.1, 0.15) is 5.76 Å². The van der Waals surface area contributed by atoms with Crippen LogP contribution in [0.5, 0.6) is 0 Å². The van der Waals surface area contributed by atoms with E-state index in [4.69, 9.17) is 4.42 Å². The minimum atomic E-state index is -0.265. The molecule has 3 heterocycles. The number of urea groups is 1. The van der Waals surface area contributed by atoms with Crippen LogP contribution >= 0.6 is 0 Å². The van der Waals surface area contributed by atoms with E-state index in [0.717, 1.165) is 11.3 Å². The first-order valence-corrected chi connectivity index (χ1v) is 8.86. The van der Waals surface area contributed by atoms with Gasteiger partial charge < -0.3 is 9.32 Å². The van der Waals surface area contributed by atoms with E-state index < -0.39 is 0 Å². The van der Waals surface area contributed by atoms with Gasteiger partial charge in [-0.1, -0.05) is 24.3 Å². The number of hydrogen-bond donors (Lipinski definition) is 1. The van der Waals surface area contributed by atoms with Crippen molar-refractivity contribution >= 4 is 11.8 Å². The second-order valence-corrected chi connectivity index (χ2v) is 6.21. The maximum Gasteiger partial charge on any atom is 0.323 e. The number of hydrogen-bond acceptors (Lipinski definition) is 4. The summed E-state index contributed by atoms with van der Waals surface area (Å²) in [6.45, 7) is 0.743. The molecule has 1 N–H and O–H groups in total. The molecule has 3 aromatic heterocycles. The smallest absolute Gasteiger partial charge is 0.323 e. The van der Waals surface area contributed by atoms with Gasteiger partial charge in [-0.15, -0.1) is 5.10 Å². The van der Waals surface area contributed by atoms with E-state index in [1.54, 1.807) is 40.4 Å². The average molecular weight is 373 g/mol. The summed E-state index contributed by atoms with van der Waals surface area (Å²) < 4.78 is 7.12. The highest BCUT2D eigenvalue weighted by Crippen LogP contribution is 2.14. The molecule has 0 fully saturated rings. The lowest BCUT2D eigenvalue weighted by atomic mass is 10.2. The number of carbonyl (C=O) groups is 1. The molecule has 2 amide bonds. The van der Waals surface area contributed by atoms with Gasteiger partial charge in [-0.2, -0.15) is 0 Å². The van der Waals surface area contributed by atoms with Gasteiger partial charge in [0.2, 0.25) is 0 Å². The lowest BCUT2D eigenvalue weighted by Gasteiger charge is -2.21. The Morgan fingerprint density at radius 3 is 2.68 bits per heavy atom. The lowest BCUT2D eigenvalue weighted by molar-refractivity contribution is 0.201. The van der Waals surface area contributed by atoms with Crippen LogP contribution in [-0.4, -0.2) is 25.7 Å². The highest BCUT2D eigenvalue weighted by molar-refractivity contribution is 5.88. The van der Waals surface area contributed by atoms with Crippen LogP contribution in [0.4, 0.5) is 10.6 Å². The fraction of sp³-hybridized carbons (Fsp3) is 0.0952. The number of aromatic nitrogens is 3. The lowest BCUT2D eigenvalue weighted by Crippen LogP contribution is -2.34. The van der Waals surface area contributed by atoms with Crippen molar-refractivity contribution < 1.29 is 9.21 Å².